The smallest absolute Gasteiger partial charge is 0.227 e. The molecule has 7 heteroatoms. The quantitative estimate of drug-likeness (QED) is 0.837. The monoisotopic (exact) mass is 338 g/mol. The van der Waals surface area contributed by atoms with Crippen LogP contribution in [0, 0.1) is 6.92 Å². The molecule has 1 atom stereocenters. The van der Waals surface area contributed by atoms with Crippen molar-refractivity contribution in [1.29, 1.82) is 0 Å². The average molecular weight is 338 g/mol. The van der Waals surface area contributed by atoms with Crippen LogP contribution < -0.4 is 9.80 Å². The highest BCUT2D eigenvalue weighted by atomic mass is 32.2. The van der Waals surface area contributed by atoms with Crippen molar-refractivity contribution >= 4 is 21.6 Å². The molecule has 0 N–H and O–H groups in total. The second-order valence-electron chi connectivity index (χ2n) is 6.74. The number of hydrogen-bond acceptors (Lipinski definition) is 6. The summed E-state index contributed by atoms with van der Waals surface area (Å²) in [6.07, 6.45) is 5.64. The van der Waals surface area contributed by atoms with E-state index in [0.717, 1.165) is 24.6 Å². The van der Waals surface area contributed by atoms with Crippen LogP contribution in [0.25, 0.3) is 0 Å². The van der Waals surface area contributed by atoms with Crippen molar-refractivity contribution in [2.75, 3.05) is 41.4 Å². The van der Waals surface area contributed by atoms with Crippen molar-refractivity contribution in [3.05, 3.63) is 11.8 Å². The van der Waals surface area contributed by atoms with Gasteiger partial charge in [0.1, 0.15) is 5.82 Å². The Morgan fingerprint density at radius 1 is 1.17 bits per heavy atom. The first-order chi connectivity index (χ1) is 10.9. The van der Waals surface area contributed by atoms with Crippen LogP contribution >= 0.6 is 0 Å². The molecule has 0 spiro atoms. The summed E-state index contributed by atoms with van der Waals surface area (Å²) in [5.41, 5.74) is 0.932. The highest BCUT2D eigenvalue weighted by molar-refractivity contribution is 7.91. The van der Waals surface area contributed by atoms with E-state index in [1.165, 1.54) is 25.7 Å². The number of aromatic nitrogens is 2. The molecule has 0 bridgehead atoms. The molecule has 0 radical (unpaired) electrons. The lowest BCUT2D eigenvalue weighted by molar-refractivity contribution is 0.600. The third kappa shape index (κ3) is 3.94. The van der Waals surface area contributed by atoms with E-state index in [1.54, 1.807) is 0 Å². The van der Waals surface area contributed by atoms with Crippen LogP contribution in [0.5, 0.6) is 0 Å². The van der Waals surface area contributed by atoms with Gasteiger partial charge in [-0.1, -0.05) is 12.8 Å². The normalized spacial score (nSPS) is 24.4. The summed E-state index contributed by atoms with van der Waals surface area (Å²) in [6, 6.07) is 2.02. The maximum Gasteiger partial charge on any atom is 0.227 e. The topological polar surface area (TPSA) is 66.4 Å². The molecule has 2 aliphatic rings. The Labute approximate surface area is 138 Å². The molecule has 0 amide bonds. The van der Waals surface area contributed by atoms with Crippen LogP contribution in [-0.4, -0.2) is 56.1 Å². The molecule has 2 aliphatic heterocycles. The van der Waals surface area contributed by atoms with E-state index >= 15 is 0 Å². The third-order valence-electron chi connectivity index (χ3n) is 4.83. The van der Waals surface area contributed by atoms with Crippen molar-refractivity contribution in [3.8, 4) is 0 Å². The Balaban J connectivity index is 1.82. The second kappa shape index (κ2) is 6.63. The fourth-order valence-corrected chi connectivity index (χ4v) is 5.17. The Morgan fingerprint density at radius 3 is 2.48 bits per heavy atom. The van der Waals surface area contributed by atoms with E-state index in [4.69, 9.17) is 4.98 Å². The van der Waals surface area contributed by atoms with E-state index in [2.05, 4.69) is 9.88 Å². The molecule has 0 saturated carbocycles. The summed E-state index contributed by atoms with van der Waals surface area (Å²) in [4.78, 5) is 13.6. The number of hydrogen-bond donors (Lipinski definition) is 0. The van der Waals surface area contributed by atoms with Crippen LogP contribution in [0.1, 0.15) is 37.8 Å². The molecule has 2 saturated heterocycles. The summed E-state index contributed by atoms with van der Waals surface area (Å²) >= 11 is 0. The highest BCUT2D eigenvalue weighted by Gasteiger charge is 2.32. The van der Waals surface area contributed by atoms with Gasteiger partial charge >= 0.3 is 0 Å². The van der Waals surface area contributed by atoms with Gasteiger partial charge in [0, 0.05) is 37.9 Å². The standard InChI is InChI=1S/C16H26N4O2S/c1-13-11-15(20-8-5-3-4-6-9-20)18-16(17-13)19(2)14-7-10-23(21,22)12-14/h11,14H,3-10,12H2,1-2H3. The molecule has 1 aromatic rings. The van der Waals surface area contributed by atoms with Gasteiger partial charge in [-0.2, -0.15) is 4.98 Å². The van der Waals surface area contributed by atoms with Crippen LogP contribution in [-0.2, 0) is 9.84 Å². The number of nitrogens with zero attached hydrogens (tertiary/aromatic N) is 4. The molecule has 23 heavy (non-hydrogen) atoms. The predicted molar refractivity (Wildman–Crippen MR) is 92.9 cm³/mol. The first-order valence-corrected chi connectivity index (χ1v) is 10.3. The first kappa shape index (κ1) is 16.5. The molecule has 3 heterocycles. The maximum atomic E-state index is 11.7. The number of sulfone groups is 1. The fourth-order valence-electron chi connectivity index (χ4n) is 3.40. The molecular formula is C16H26N4O2S. The minimum absolute atomic E-state index is 0.0150. The van der Waals surface area contributed by atoms with E-state index in [1.807, 2.05) is 24.9 Å². The van der Waals surface area contributed by atoms with Crippen LogP contribution in [0.15, 0.2) is 6.07 Å². The minimum atomic E-state index is -2.90. The summed E-state index contributed by atoms with van der Waals surface area (Å²) < 4.78 is 23.4. The van der Waals surface area contributed by atoms with Gasteiger partial charge < -0.3 is 9.80 Å². The van der Waals surface area contributed by atoms with Gasteiger partial charge in [-0.15, -0.1) is 0 Å². The van der Waals surface area contributed by atoms with Crippen molar-refractivity contribution in [2.45, 2.75) is 45.1 Å². The van der Waals surface area contributed by atoms with Gasteiger partial charge in [-0.05, 0) is 26.2 Å². The maximum absolute atomic E-state index is 11.7. The molecule has 1 unspecified atom stereocenters. The van der Waals surface area contributed by atoms with Gasteiger partial charge in [-0.3, -0.25) is 0 Å². The zero-order chi connectivity index (χ0) is 16.4. The molecule has 0 aromatic carbocycles. The van der Waals surface area contributed by atoms with Gasteiger partial charge in [0.15, 0.2) is 9.84 Å². The Morgan fingerprint density at radius 2 is 1.87 bits per heavy atom. The van der Waals surface area contributed by atoms with Gasteiger partial charge in [0.2, 0.25) is 5.95 Å². The van der Waals surface area contributed by atoms with E-state index in [-0.39, 0.29) is 17.5 Å². The predicted octanol–water partition coefficient (Wildman–Crippen LogP) is 1.79. The van der Waals surface area contributed by atoms with E-state index in [0.29, 0.717) is 12.4 Å². The molecular weight excluding hydrogens is 312 g/mol. The van der Waals surface area contributed by atoms with Gasteiger partial charge in [0.25, 0.3) is 0 Å². The van der Waals surface area contributed by atoms with Crippen LogP contribution in [0.4, 0.5) is 11.8 Å². The zero-order valence-electron chi connectivity index (χ0n) is 14.0. The van der Waals surface area contributed by atoms with Crippen LogP contribution in [0.2, 0.25) is 0 Å². The number of anilines is 2. The van der Waals surface area contributed by atoms with E-state index < -0.39 is 9.84 Å². The lowest BCUT2D eigenvalue weighted by atomic mass is 10.2. The molecule has 2 fully saturated rings. The summed E-state index contributed by atoms with van der Waals surface area (Å²) in [7, 11) is -0.992. The van der Waals surface area contributed by atoms with Crippen molar-refractivity contribution in [1.82, 2.24) is 9.97 Å². The second-order valence-corrected chi connectivity index (χ2v) is 8.97. The van der Waals surface area contributed by atoms with Gasteiger partial charge in [0.05, 0.1) is 11.5 Å². The molecule has 1 aromatic heterocycles. The lowest BCUT2D eigenvalue weighted by Gasteiger charge is -2.27. The molecule has 6 nitrogen and oxygen atoms in total. The highest BCUT2D eigenvalue weighted by Crippen LogP contribution is 2.24. The number of rotatable bonds is 3. The summed E-state index contributed by atoms with van der Waals surface area (Å²) in [6.45, 7) is 4.06. The lowest BCUT2D eigenvalue weighted by Crippen LogP contribution is -2.34. The Hall–Kier alpha value is -1.37. The average Bonchev–Trinajstić information content (AvgIpc) is 2.73. The van der Waals surface area contributed by atoms with Gasteiger partial charge in [-0.25, -0.2) is 13.4 Å². The molecule has 0 aliphatic carbocycles. The largest absolute Gasteiger partial charge is 0.356 e. The molecule has 128 valence electrons. The van der Waals surface area contributed by atoms with Crippen molar-refractivity contribution < 1.29 is 8.42 Å². The summed E-state index contributed by atoms with van der Waals surface area (Å²) in [5.74, 6) is 2.10. The fraction of sp³-hybridized carbons (Fsp3) is 0.750. The SMILES string of the molecule is Cc1cc(N2CCCCCC2)nc(N(C)C2CCS(=O)(=O)C2)n1. The Kier molecular flexibility index (Phi) is 4.75. The van der Waals surface area contributed by atoms with Crippen molar-refractivity contribution in [2.24, 2.45) is 0 Å². The Bertz CT molecular complexity index is 654. The van der Waals surface area contributed by atoms with Crippen LogP contribution in [0.3, 0.4) is 0 Å². The first-order valence-electron chi connectivity index (χ1n) is 8.48. The third-order valence-corrected chi connectivity index (χ3v) is 6.58. The zero-order valence-corrected chi connectivity index (χ0v) is 14.8. The number of aryl methyl sites for hydroxylation is 1. The summed E-state index contributed by atoms with van der Waals surface area (Å²) in [5, 5.41) is 0. The molecule has 3 rings (SSSR count). The van der Waals surface area contributed by atoms with Crippen molar-refractivity contribution in [3.63, 3.8) is 0 Å². The van der Waals surface area contributed by atoms with E-state index in [9.17, 15) is 8.42 Å². The minimum Gasteiger partial charge on any atom is -0.356 e.